The normalized spacial score (nSPS) is 19.5. The SMILES string of the molecule is C[C@H](CNC(=O)CCC(F)(F)F)NC(=O)C1Cc2ccccc2S1(=O)=O. The minimum absolute atomic E-state index is 0.0645. The number of rotatable bonds is 6. The van der Waals surface area contributed by atoms with Crippen LogP contribution in [0.5, 0.6) is 0 Å². The van der Waals surface area contributed by atoms with Gasteiger partial charge < -0.3 is 10.6 Å². The Morgan fingerprint density at radius 1 is 1.27 bits per heavy atom. The number of alkyl halides is 3. The monoisotopic (exact) mass is 392 g/mol. The quantitative estimate of drug-likeness (QED) is 0.764. The highest BCUT2D eigenvalue weighted by atomic mass is 32.2. The van der Waals surface area contributed by atoms with E-state index in [1.54, 1.807) is 18.2 Å². The van der Waals surface area contributed by atoms with Gasteiger partial charge in [0.1, 0.15) is 5.25 Å². The maximum Gasteiger partial charge on any atom is 0.389 e. The molecule has 1 aliphatic rings. The fourth-order valence-electron chi connectivity index (χ4n) is 2.64. The second-order valence-corrected chi connectivity index (χ2v) is 8.27. The Hall–Kier alpha value is -2.10. The third-order valence-corrected chi connectivity index (χ3v) is 6.12. The number of carbonyl (C=O) groups is 2. The molecule has 0 saturated heterocycles. The molecule has 2 rings (SSSR count). The molecule has 1 aromatic rings. The van der Waals surface area contributed by atoms with Crippen LogP contribution in [-0.2, 0) is 25.8 Å². The minimum Gasteiger partial charge on any atom is -0.354 e. The zero-order valence-corrected chi connectivity index (χ0v) is 14.8. The Bertz CT molecular complexity index is 793. The Morgan fingerprint density at radius 3 is 2.54 bits per heavy atom. The number of benzene rings is 1. The molecule has 6 nitrogen and oxygen atoms in total. The lowest BCUT2D eigenvalue weighted by Crippen LogP contribution is -2.47. The number of carbonyl (C=O) groups excluding carboxylic acids is 2. The third kappa shape index (κ3) is 4.96. The van der Waals surface area contributed by atoms with E-state index in [4.69, 9.17) is 0 Å². The number of amides is 2. The van der Waals surface area contributed by atoms with Gasteiger partial charge in [0.05, 0.1) is 11.3 Å². The van der Waals surface area contributed by atoms with Crippen molar-refractivity contribution in [2.45, 2.75) is 48.5 Å². The summed E-state index contributed by atoms with van der Waals surface area (Å²) >= 11 is 0. The van der Waals surface area contributed by atoms with Crippen molar-refractivity contribution < 1.29 is 31.2 Å². The van der Waals surface area contributed by atoms with Crippen molar-refractivity contribution in [2.75, 3.05) is 6.54 Å². The molecule has 0 aliphatic carbocycles. The Labute approximate surface area is 149 Å². The molecule has 0 spiro atoms. The Kier molecular flexibility index (Phi) is 5.94. The zero-order chi connectivity index (χ0) is 19.5. The molecule has 2 amide bonds. The van der Waals surface area contributed by atoms with Gasteiger partial charge in [0, 0.05) is 19.0 Å². The first-order valence-electron chi connectivity index (χ1n) is 7.96. The van der Waals surface area contributed by atoms with Gasteiger partial charge in [-0.25, -0.2) is 8.42 Å². The number of halogens is 3. The molecule has 1 aliphatic heterocycles. The standard InChI is InChI=1S/C16H19F3N2O4S/c1-10(9-20-14(22)6-7-16(17,18)19)21-15(23)13-8-11-4-2-3-5-12(11)26(13,24)25/h2-5,10,13H,6-9H2,1H3,(H,20,22)(H,21,23)/t10-,13?/m1/s1. The number of fused-ring (bicyclic) bond motifs is 1. The van der Waals surface area contributed by atoms with Gasteiger partial charge in [0.15, 0.2) is 9.84 Å². The molecule has 1 aromatic carbocycles. The van der Waals surface area contributed by atoms with E-state index in [0.717, 1.165) is 0 Å². The first-order chi connectivity index (χ1) is 12.0. The van der Waals surface area contributed by atoms with Crippen LogP contribution in [0.15, 0.2) is 29.2 Å². The van der Waals surface area contributed by atoms with Gasteiger partial charge >= 0.3 is 6.18 Å². The second kappa shape index (κ2) is 7.65. The van der Waals surface area contributed by atoms with Gasteiger partial charge in [0.25, 0.3) is 0 Å². The summed E-state index contributed by atoms with van der Waals surface area (Å²) in [5.41, 5.74) is 0.570. The average molecular weight is 392 g/mol. The zero-order valence-electron chi connectivity index (χ0n) is 14.0. The summed E-state index contributed by atoms with van der Waals surface area (Å²) in [6, 6.07) is 5.73. The van der Waals surface area contributed by atoms with E-state index in [2.05, 4.69) is 10.6 Å². The number of hydrogen-bond donors (Lipinski definition) is 2. The van der Waals surface area contributed by atoms with E-state index < -0.39 is 52.0 Å². The molecule has 2 atom stereocenters. The fourth-order valence-corrected chi connectivity index (χ4v) is 4.48. The van der Waals surface area contributed by atoms with E-state index in [1.807, 2.05) is 0 Å². The van der Waals surface area contributed by atoms with Gasteiger partial charge in [-0.05, 0) is 25.0 Å². The Morgan fingerprint density at radius 2 is 1.92 bits per heavy atom. The molecule has 1 heterocycles. The molecule has 0 aromatic heterocycles. The Balaban J connectivity index is 1.86. The number of hydrogen-bond acceptors (Lipinski definition) is 4. The van der Waals surface area contributed by atoms with Gasteiger partial charge in [-0.15, -0.1) is 0 Å². The van der Waals surface area contributed by atoms with Crippen molar-refractivity contribution in [3.63, 3.8) is 0 Å². The highest BCUT2D eigenvalue weighted by molar-refractivity contribution is 7.93. The van der Waals surface area contributed by atoms with E-state index in [9.17, 15) is 31.2 Å². The molecule has 2 N–H and O–H groups in total. The van der Waals surface area contributed by atoms with Crippen LogP contribution in [0, 0.1) is 0 Å². The molecule has 1 unspecified atom stereocenters. The molecular formula is C16H19F3N2O4S. The molecular weight excluding hydrogens is 373 g/mol. The summed E-state index contributed by atoms with van der Waals surface area (Å²) in [5, 5.41) is 3.52. The highest BCUT2D eigenvalue weighted by Crippen LogP contribution is 2.31. The van der Waals surface area contributed by atoms with E-state index >= 15 is 0 Å². The lowest BCUT2D eigenvalue weighted by atomic mass is 10.1. The van der Waals surface area contributed by atoms with Crippen LogP contribution in [0.1, 0.15) is 25.3 Å². The van der Waals surface area contributed by atoms with Gasteiger partial charge in [-0.1, -0.05) is 18.2 Å². The summed E-state index contributed by atoms with van der Waals surface area (Å²) < 4.78 is 61.0. The van der Waals surface area contributed by atoms with Gasteiger partial charge in [-0.2, -0.15) is 13.2 Å². The molecule has 144 valence electrons. The predicted octanol–water partition coefficient (Wildman–Crippen LogP) is 1.35. The van der Waals surface area contributed by atoms with Crippen molar-refractivity contribution in [1.29, 1.82) is 0 Å². The van der Waals surface area contributed by atoms with Gasteiger partial charge in [-0.3, -0.25) is 9.59 Å². The van der Waals surface area contributed by atoms with Crippen LogP contribution in [0.4, 0.5) is 13.2 Å². The molecule has 0 fully saturated rings. The van der Waals surface area contributed by atoms with Crippen molar-refractivity contribution in [2.24, 2.45) is 0 Å². The smallest absolute Gasteiger partial charge is 0.354 e. The number of sulfone groups is 1. The summed E-state index contributed by atoms with van der Waals surface area (Å²) in [6.07, 6.45) is -6.27. The lowest BCUT2D eigenvalue weighted by Gasteiger charge is -2.17. The fraction of sp³-hybridized carbons (Fsp3) is 0.500. The van der Waals surface area contributed by atoms with E-state index in [0.29, 0.717) is 5.56 Å². The predicted molar refractivity (Wildman–Crippen MR) is 87.0 cm³/mol. The molecule has 10 heteroatoms. The van der Waals surface area contributed by atoms with E-state index in [-0.39, 0.29) is 17.9 Å². The van der Waals surface area contributed by atoms with Crippen molar-refractivity contribution in [3.05, 3.63) is 29.8 Å². The van der Waals surface area contributed by atoms with Crippen LogP contribution in [0.3, 0.4) is 0 Å². The van der Waals surface area contributed by atoms with Crippen molar-refractivity contribution >= 4 is 21.7 Å². The summed E-state index contributed by atoms with van der Waals surface area (Å²) in [7, 11) is -3.77. The highest BCUT2D eigenvalue weighted by Gasteiger charge is 2.41. The summed E-state index contributed by atoms with van der Waals surface area (Å²) in [6.45, 7) is 1.43. The first kappa shape index (κ1) is 20.2. The first-order valence-corrected chi connectivity index (χ1v) is 9.51. The molecule has 0 saturated carbocycles. The van der Waals surface area contributed by atoms with Crippen LogP contribution in [-0.4, -0.2) is 44.2 Å². The lowest BCUT2D eigenvalue weighted by molar-refractivity contribution is -0.144. The summed E-state index contributed by atoms with van der Waals surface area (Å²) in [5.74, 6) is -1.48. The molecule has 0 bridgehead atoms. The van der Waals surface area contributed by atoms with E-state index in [1.165, 1.54) is 13.0 Å². The largest absolute Gasteiger partial charge is 0.389 e. The minimum atomic E-state index is -4.41. The molecule has 26 heavy (non-hydrogen) atoms. The van der Waals surface area contributed by atoms with Crippen molar-refractivity contribution in [1.82, 2.24) is 10.6 Å². The van der Waals surface area contributed by atoms with Crippen LogP contribution >= 0.6 is 0 Å². The van der Waals surface area contributed by atoms with Crippen LogP contribution in [0.2, 0.25) is 0 Å². The van der Waals surface area contributed by atoms with Crippen LogP contribution in [0.25, 0.3) is 0 Å². The van der Waals surface area contributed by atoms with Crippen molar-refractivity contribution in [3.8, 4) is 0 Å². The maximum atomic E-state index is 12.4. The summed E-state index contributed by atoms with van der Waals surface area (Å²) in [4.78, 5) is 23.8. The maximum absolute atomic E-state index is 12.4. The third-order valence-electron chi connectivity index (χ3n) is 3.98. The second-order valence-electron chi connectivity index (χ2n) is 6.17. The van der Waals surface area contributed by atoms with Gasteiger partial charge in [0.2, 0.25) is 11.8 Å². The topological polar surface area (TPSA) is 92.3 Å². The average Bonchev–Trinajstić information content (AvgIpc) is 2.82. The van der Waals surface area contributed by atoms with Crippen LogP contribution < -0.4 is 10.6 Å². The number of nitrogens with one attached hydrogen (secondary N) is 2. The molecule has 0 radical (unpaired) electrons.